The van der Waals surface area contributed by atoms with Gasteiger partial charge >= 0.3 is 0 Å². The Kier molecular flexibility index (Phi) is 5.20. The summed E-state index contributed by atoms with van der Waals surface area (Å²) in [5.74, 6) is -0.872. The molecule has 2 aromatic carbocycles. The fourth-order valence-electron chi connectivity index (χ4n) is 1.85. The molecule has 0 bridgehead atoms. The maximum Gasteiger partial charge on any atom is 0.257 e. The number of halogens is 3. The first kappa shape index (κ1) is 15.8. The first-order valence-corrected chi connectivity index (χ1v) is 7.48. The summed E-state index contributed by atoms with van der Waals surface area (Å²) in [5.41, 5.74) is 0.957. The molecule has 0 aliphatic rings. The number of carbonyl (C=O) groups is 1. The zero-order chi connectivity index (χ0) is 15.4. The number of hydrogen-bond acceptors (Lipinski definition) is 2. The van der Waals surface area contributed by atoms with Crippen LogP contribution in [0.25, 0.3) is 0 Å². The van der Waals surface area contributed by atoms with Gasteiger partial charge in [0.05, 0.1) is 16.9 Å². The Morgan fingerprint density at radius 1 is 1.33 bits per heavy atom. The summed E-state index contributed by atoms with van der Waals surface area (Å²) < 4.78 is 14.5. The minimum absolute atomic E-state index is 0.190. The second-order valence-corrected chi connectivity index (χ2v) is 5.56. The van der Waals surface area contributed by atoms with Crippen molar-refractivity contribution in [2.24, 2.45) is 0 Å². The Hall–Kier alpha value is -1.59. The van der Waals surface area contributed by atoms with Crippen molar-refractivity contribution in [3.63, 3.8) is 0 Å². The summed E-state index contributed by atoms with van der Waals surface area (Å²) >= 11 is 9.24. The van der Waals surface area contributed by atoms with Crippen LogP contribution >= 0.6 is 27.5 Å². The van der Waals surface area contributed by atoms with Crippen molar-refractivity contribution in [1.29, 1.82) is 0 Å². The first-order chi connectivity index (χ1) is 10.0. The fraction of sp³-hybridized carbons (Fsp3) is 0.133. The van der Waals surface area contributed by atoms with Crippen LogP contribution < -0.4 is 10.6 Å². The summed E-state index contributed by atoms with van der Waals surface area (Å²) in [5, 5.41) is 6.08. The van der Waals surface area contributed by atoms with E-state index in [-0.39, 0.29) is 11.3 Å². The number of anilines is 2. The van der Waals surface area contributed by atoms with E-state index in [9.17, 15) is 9.18 Å². The lowest BCUT2D eigenvalue weighted by Gasteiger charge is -2.13. The van der Waals surface area contributed by atoms with Gasteiger partial charge in [-0.1, -0.05) is 17.7 Å². The molecule has 0 atom stereocenters. The molecule has 0 aromatic heterocycles. The van der Waals surface area contributed by atoms with Crippen LogP contribution in [0.2, 0.25) is 5.02 Å². The molecule has 0 saturated heterocycles. The van der Waals surface area contributed by atoms with Gasteiger partial charge in [0.25, 0.3) is 5.91 Å². The standard InChI is InChI=1S/C15H13BrClFN2O/c1-2-19-14-10(4-3-5-12(14)18)15(21)20-13-8-9(17)6-7-11(13)16/h3-8,19H,2H2,1H3,(H,20,21). The number of benzene rings is 2. The number of carbonyl (C=O) groups excluding carboxylic acids is 1. The quantitative estimate of drug-likeness (QED) is 0.800. The van der Waals surface area contributed by atoms with E-state index in [1.165, 1.54) is 12.1 Å². The van der Waals surface area contributed by atoms with E-state index in [1.54, 1.807) is 24.3 Å². The summed E-state index contributed by atoms with van der Waals surface area (Å²) in [6.07, 6.45) is 0. The van der Waals surface area contributed by atoms with Crippen LogP contribution in [0.5, 0.6) is 0 Å². The van der Waals surface area contributed by atoms with Crippen LogP contribution in [0.4, 0.5) is 15.8 Å². The monoisotopic (exact) mass is 370 g/mol. The van der Waals surface area contributed by atoms with Gasteiger partial charge in [0.2, 0.25) is 0 Å². The number of nitrogens with one attached hydrogen (secondary N) is 2. The average molecular weight is 372 g/mol. The molecule has 0 heterocycles. The Balaban J connectivity index is 2.32. The molecular weight excluding hydrogens is 359 g/mol. The second-order valence-electron chi connectivity index (χ2n) is 4.27. The Morgan fingerprint density at radius 2 is 2.10 bits per heavy atom. The lowest BCUT2D eigenvalue weighted by Crippen LogP contribution is -2.16. The van der Waals surface area contributed by atoms with Crippen molar-refractivity contribution in [2.75, 3.05) is 17.2 Å². The zero-order valence-corrected chi connectivity index (χ0v) is 13.6. The molecule has 0 saturated carbocycles. The third kappa shape index (κ3) is 3.74. The van der Waals surface area contributed by atoms with Gasteiger partial charge in [0, 0.05) is 16.0 Å². The van der Waals surface area contributed by atoms with Crippen LogP contribution in [-0.4, -0.2) is 12.5 Å². The van der Waals surface area contributed by atoms with Crippen molar-refractivity contribution in [3.05, 3.63) is 57.3 Å². The number of hydrogen-bond donors (Lipinski definition) is 2. The molecular formula is C15H13BrClFN2O. The van der Waals surface area contributed by atoms with Crippen LogP contribution in [0.3, 0.4) is 0 Å². The number of rotatable bonds is 4. The molecule has 0 fully saturated rings. The van der Waals surface area contributed by atoms with Gasteiger partial charge in [0.15, 0.2) is 0 Å². The minimum Gasteiger partial charge on any atom is -0.382 e. The van der Waals surface area contributed by atoms with E-state index in [2.05, 4.69) is 26.6 Å². The fourth-order valence-corrected chi connectivity index (χ4v) is 2.37. The third-order valence-corrected chi connectivity index (χ3v) is 3.71. The molecule has 2 aromatic rings. The van der Waals surface area contributed by atoms with Crippen molar-refractivity contribution < 1.29 is 9.18 Å². The first-order valence-electron chi connectivity index (χ1n) is 6.31. The van der Waals surface area contributed by atoms with E-state index in [0.717, 1.165) is 0 Å². The maximum atomic E-state index is 13.8. The van der Waals surface area contributed by atoms with Gasteiger partial charge in [-0.2, -0.15) is 0 Å². The van der Waals surface area contributed by atoms with E-state index < -0.39 is 11.7 Å². The van der Waals surface area contributed by atoms with Crippen LogP contribution in [-0.2, 0) is 0 Å². The van der Waals surface area contributed by atoms with Gasteiger partial charge in [-0.3, -0.25) is 4.79 Å². The SMILES string of the molecule is CCNc1c(F)cccc1C(=O)Nc1cc(Cl)ccc1Br. The lowest BCUT2D eigenvalue weighted by molar-refractivity contribution is 0.102. The largest absolute Gasteiger partial charge is 0.382 e. The molecule has 2 N–H and O–H groups in total. The van der Waals surface area contributed by atoms with Crippen LogP contribution in [0, 0.1) is 5.82 Å². The smallest absolute Gasteiger partial charge is 0.257 e. The summed E-state index contributed by atoms with van der Waals surface area (Å²) in [6, 6.07) is 9.43. The van der Waals surface area contributed by atoms with Crippen molar-refractivity contribution in [2.45, 2.75) is 6.92 Å². The molecule has 0 aliphatic heterocycles. The molecule has 0 unspecified atom stereocenters. The summed E-state index contributed by atoms with van der Waals surface area (Å²) in [7, 11) is 0. The highest BCUT2D eigenvalue weighted by atomic mass is 79.9. The van der Waals surface area contributed by atoms with E-state index >= 15 is 0 Å². The molecule has 1 amide bonds. The van der Waals surface area contributed by atoms with E-state index in [1.807, 2.05) is 6.92 Å². The van der Waals surface area contributed by atoms with E-state index in [0.29, 0.717) is 21.7 Å². The van der Waals surface area contributed by atoms with Crippen molar-refractivity contribution >= 4 is 44.8 Å². The average Bonchev–Trinajstić information content (AvgIpc) is 2.45. The lowest BCUT2D eigenvalue weighted by atomic mass is 10.1. The van der Waals surface area contributed by atoms with Crippen molar-refractivity contribution in [3.8, 4) is 0 Å². The van der Waals surface area contributed by atoms with Crippen LogP contribution in [0.15, 0.2) is 40.9 Å². The topological polar surface area (TPSA) is 41.1 Å². The van der Waals surface area contributed by atoms with E-state index in [4.69, 9.17) is 11.6 Å². The highest BCUT2D eigenvalue weighted by molar-refractivity contribution is 9.10. The Morgan fingerprint density at radius 3 is 2.81 bits per heavy atom. The highest BCUT2D eigenvalue weighted by Crippen LogP contribution is 2.27. The third-order valence-electron chi connectivity index (χ3n) is 2.79. The summed E-state index contributed by atoms with van der Waals surface area (Å²) in [4.78, 5) is 12.3. The van der Waals surface area contributed by atoms with Gasteiger partial charge in [-0.15, -0.1) is 0 Å². The maximum absolute atomic E-state index is 13.8. The van der Waals surface area contributed by atoms with Crippen LogP contribution in [0.1, 0.15) is 17.3 Å². The number of para-hydroxylation sites is 1. The van der Waals surface area contributed by atoms with Gasteiger partial charge in [-0.25, -0.2) is 4.39 Å². The second kappa shape index (κ2) is 6.91. The van der Waals surface area contributed by atoms with Crippen molar-refractivity contribution in [1.82, 2.24) is 0 Å². The Bertz CT molecular complexity index is 679. The molecule has 110 valence electrons. The zero-order valence-electron chi connectivity index (χ0n) is 11.2. The molecule has 2 rings (SSSR count). The normalized spacial score (nSPS) is 10.3. The minimum atomic E-state index is -0.463. The van der Waals surface area contributed by atoms with Gasteiger partial charge < -0.3 is 10.6 Å². The number of amides is 1. The molecule has 0 spiro atoms. The predicted octanol–water partition coefficient (Wildman–Crippen LogP) is 4.93. The molecule has 21 heavy (non-hydrogen) atoms. The molecule has 3 nitrogen and oxygen atoms in total. The summed E-state index contributed by atoms with van der Waals surface area (Å²) in [6.45, 7) is 2.35. The molecule has 0 radical (unpaired) electrons. The molecule has 0 aliphatic carbocycles. The Labute approximate surface area is 135 Å². The van der Waals surface area contributed by atoms with Gasteiger partial charge in [0.1, 0.15) is 5.82 Å². The van der Waals surface area contributed by atoms with Gasteiger partial charge in [-0.05, 0) is 53.2 Å². The highest BCUT2D eigenvalue weighted by Gasteiger charge is 2.15. The predicted molar refractivity (Wildman–Crippen MR) is 87.7 cm³/mol. The molecule has 6 heteroatoms.